The van der Waals surface area contributed by atoms with E-state index in [1.54, 1.807) is 22.3 Å². The van der Waals surface area contributed by atoms with Crippen molar-refractivity contribution in [1.82, 2.24) is 0 Å². The van der Waals surface area contributed by atoms with Crippen LogP contribution < -0.4 is 0 Å². The van der Waals surface area contributed by atoms with Gasteiger partial charge in [-0.2, -0.15) is 0 Å². The first-order valence-electron chi connectivity index (χ1n) is 15.2. The van der Waals surface area contributed by atoms with Gasteiger partial charge in [0.2, 0.25) is 0 Å². The molecule has 0 aromatic heterocycles. The van der Waals surface area contributed by atoms with E-state index in [-0.39, 0.29) is 24.8 Å². The molecule has 0 bridgehead atoms. The fourth-order valence-corrected chi connectivity index (χ4v) is 29.0. The Morgan fingerprint density at radius 3 is 1.95 bits per heavy atom. The molecule has 0 radical (unpaired) electrons. The van der Waals surface area contributed by atoms with Crippen molar-refractivity contribution in [1.29, 1.82) is 0 Å². The van der Waals surface area contributed by atoms with Crippen LogP contribution >= 0.6 is 24.8 Å². The molecule has 0 N–H and O–H groups in total. The molecule has 2 unspecified atom stereocenters. The minimum Gasteiger partial charge on any atom is -0.147 e. The second-order valence-corrected chi connectivity index (χ2v) is 44.6. The van der Waals surface area contributed by atoms with Gasteiger partial charge in [0.05, 0.1) is 0 Å². The van der Waals surface area contributed by atoms with Gasteiger partial charge in [0, 0.05) is 0 Å². The molecular weight excluding hydrogens is 659 g/mol. The summed E-state index contributed by atoms with van der Waals surface area (Å²) in [6.45, 7) is 16.6. The zero-order valence-corrected chi connectivity index (χ0v) is 32.4. The van der Waals surface area contributed by atoms with Crippen molar-refractivity contribution in [3.8, 4) is 22.3 Å². The standard InChI is InChI=1S/C19H19.C18H17.2CH3.2ClH.H2Si.Zr/c1-12-10-18-14(3)8-9-17(19(18)11-12)16-7-5-6-13(2)15(16)4;1-13(2)16-11-15-9-6-10-17(18(15)12-16)14-7-4-3-5-8-14;;;;;;/h5-11H,1-4H3;3-13H,1-2H3;2*1H3;2*1H;1H2;. The molecule has 0 heterocycles. The molecule has 43 heavy (non-hydrogen) atoms. The van der Waals surface area contributed by atoms with E-state index >= 15 is 0 Å². The van der Waals surface area contributed by atoms with Gasteiger partial charge in [-0.15, -0.1) is 24.8 Å². The second-order valence-electron chi connectivity index (χ2n) is 14.2. The summed E-state index contributed by atoms with van der Waals surface area (Å²) >= 11 is -3.65. The van der Waals surface area contributed by atoms with Gasteiger partial charge in [-0.05, 0) is 0 Å². The molecule has 2 aliphatic carbocycles. The maximum Gasteiger partial charge on any atom is -0.147 e. The summed E-state index contributed by atoms with van der Waals surface area (Å²) in [5.41, 5.74) is 19.0. The number of fused-ring (bicyclic) bond motifs is 2. The summed E-state index contributed by atoms with van der Waals surface area (Å²) in [6, 6.07) is 29.6. The van der Waals surface area contributed by atoms with Crippen LogP contribution in [-0.2, 0) is 17.4 Å². The van der Waals surface area contributed by atoms with Crippen molar-refractivity contribution < 1.29 is 17.4 Å². The fraction of sp³-hybridized carbons (Fsp3) is 0.282. The summed E-state index contributed by atoms with van der Waals surface area (Å²) in [7, 11) is 0. The fourth-order valence-electron chi connectivity index (χ4n) is 8.34. The average Bonchev–Trinajstić information content (AvgIpc) is 3.51. The number of hydrogen-bond acceptors (Lipinski definition) is 0. The Kier molecular flexibility index (Phi) is 9.54. The number of benzene rings is 4. The minimum atomic E-state index is -3.65. The number of rotatable bonds is 5. The quantitative estimate of drug-likeness (QED) is 0.181. The Hall–Kier alpha value is -1.96. The van der Waals surface area contributed by atoms with E-state index in [0.717, 1.165) is 0 Å². The summed E-state index contributed by atoms with van der Waals surface area (Å²) < 4.78 is 6.59. The molecule has 0 spiro atoms. The van der Waals surface area contributed by atoms with Gasteiger partial charge in [-0.3, -0.25) is 0 Å². The SMILES string of the molecule is CC1=Cc2c(-c3cccc(C)c3C)ccc(C)c2[CH]1[Zr]([CH3])([CH3])(=[SiH2])[CH]1C(C(C)C)=Cc2c(-c3ccccc3)cccc21.Cl.Cl. The van der Waals surface area contributed by atoms with Gasteiger partial charge >= 0.3 is 252 Å². The van der Waals surface area contributed by atoms with Crippen molar-refractivity contribution in [3.05, 3.63) is 129 Å². The van der Waals surface area contributed by atoms with Gasteiger partial charge < -0.3 is 0 Å². The predicted molar refractivity (Wildman–Crippen MR) is 195 cm³/mol. The summed E-state index contributed by atoms with van der Waals surface area (Å²) in [4.78, 5) is 0. The first-order chi connectivity index (χ1) is 19.4. The Labute approximate surface area is 274 Å². The van der Waals surface area contributed by atoms with Crippen molar-refractivity contribution in [3.63, 3.8) is 0 Å². The molecule has 2 aliphatic rings. The normalized spacial score (nSPS) is 17.4. The zero-order chi connectivity index (χ0) is 29.3. The zero-order valence-electron chi connectivity index (χ0n) is 26.9. The third kappa shape index (κ3) is 5.46. The smallest absolute Gasteiger partial charge is 0.147 e. The third-order valence-electron chi connectivity index (χ3n) is 10.3. The Morgan fingerprint density at radius 2 is 1.28 bits per heavy atom. The van der Waals surface area contributed by atoms with E-state index in [9.17, 15) is 0 Å². The van der Waals surface area contributed by atoms with Crippen LogP contribution in [0.1, 0.15) is 67.0 Å². The molecular formula is C39H46Cl2SiZr. The van der Waals surface area contributed by atoms with Gasteiger partial charge in [0.15, 0.2) is 0 Å². The van der Waals surface area contributed by atoms with Crippen LogP contribution in [0.25, 0.3) is 34.4 Å². The average molecular weight is 705 g/mol. The monoisotopic (exact) mass is 702 g/mol. The van der Waals surface area contributed by atoms with Crippen LogP contribution in [0.15, 0.2) is 90.0 Å². The summed E-state index contributed by atoms with van der Waals surface area (Å²) in [6.07, 6.45) is 5.16. The second kappa shape index (κ2) is 12.1. The van der Waals surface area contributed by atoms with Crippen LogP contribution in [-0.4, -0.2) is 6.88 Å². The number of allylic oxidation sites excluding steroid dienone is 2. The van der Waals surface area contributed by atoms with Crippen LogP contribution in [0.5, 0.6) is 0 Å². The Bertz CT molecular complexity index is 1840. The molecule has 4 heteroatoms. The van der Waals surface area contributed by atoms with Crippen molar-refractivity contribution in [2.75, 3.05) is 0 Å². The first-order valence-corrected chi connectivity index (χ1v) is 28.9. The third-order valence-corrected chi connectivity index (χ3v) is 27.8. The van der Waals surface area contributed by atoms with Gasteiger partial charge in [0.1, 0.15) is 0 Å². The molecule has 0 amide bonds. The van der Waals surface area contributed by atoms with Crippen LogP contribution in [0.3, 0.4) is 0 Å². The molecule has 4 aromatic carbocycles. The number of hydrogen-bond donors (Lipinski definition) is 0. The number of aryl methyl sites for hydroxylation is 2. The van der Waals surface area contributed by atoms with E-state index in [0.29, 0.717) is 13.2 Å². The first kappa shape index (κ1) is 33.9. The van der Waals surface area contributed by atoms with Crippen molar-refractivity contribution >= 4 is 43.8 Å². The molecule has 6 rings (SSSR count). The van der Waals surface area contributed by atoms with E-state index in [1.807, 2.05) is 0 Å². The van der Waals surface area contributed by atoms with Gasteiger partial charge in [0.25, 0.3) is 0 Å². The van der Waals surface area contributed by atoms with Gasteiger partial charge in [-0.1, -0.05) is 0 Å². The number of halogens is 2. The van der Waals surface area contributed by atoms with E-state index in [1.165, 1.54) is 50.1 Å². The summed E-state index contributed by atoms with van der Waals surface area (Å²) in [5, 5.41) is 0. The van der Waals surface area contributed by atoms with E-state index in [4.69, 9.17) is 0 Å². The van der Waals surface area contributed by atoms with Crippen LogP contribution in [0.4, 0.5) is 0 Å². The molecule has 0 nitrogen and oxygen atoms in total. The Morgan fingerprint density at radius 1 is 0.628 bits per heavy atom. The summed E-state index contributed by atoms with van der Waals surface area (Å²) in [5.74, 6) is 0.515. The van der Waals surface area contributed by atoms with E-state index in [2.05, 4.69) is 149 Å². The van der Waals surface area contributed by atoms with E-state index < -0.39 is 17.4 Å². The topological polar surface area (TPSA) is 0 Å². The maximum atomic E-state index is 2.77. The molecule has 0 saturated carbocycles. The molecule has 0 saturated heterocycles. The van der Waals surface area contributed by atoms with Crippen LogP contribution in [0.2, 0.25) is 9.26 Å². The predicted octanol–water partition coefficient (Wildman–Crippen LogP) is 11.4. The van der Waals surface area contributed by atoms with Crippen molar-refractivity contribution in [2.24, 2.45) is 5.92 Å². The van der Waals surface area contributed by atoms with Gasteiger partial charge in [-0.25, -0.2) is 0 Å². The minimum absolute atomic E-state index is 0. The molecule has 2 atom stereocenters. The molecule has 0 aliphatic heterocycles. The Balaban J connectivity index is 0.00000212. The maximum absolute atomic E-state index is 3.65. The molecule has 0 fully saturated rings. The molecule has 224 valence electrons. The largest absolute Gasteiger partial charge is 0.147 e. The van der Waals surface area contributed by atoms with Crippen molar-refractivity contribution in [2.45, 2.75) is 58.1 Å². The molecule has 4 aromatic rings. The van der Waals surface area contributed by atoms with Crippen LogP contribution in [0, 0.1) is 26.7 Å².